The lowest BCUT2D eigenvalue weighted by molar-refractivity contribution is 0.169. The Morgan fingerprint density at radius 3 is 3.15 bits per heavy atom. The molecule has 5 nitrogen and oxygen atoms in total. The zero-order chi connectivity index (χ0) is 13.8. The minimum Gasteiger partial charge on any atom is -0.381 e. The van der Waals surface area contributed by atoms with Crippen LogP contribution >= 0.6 is 0 Å². The molecule has 0 aromatic carbocycles. The van der Waals surface area contributed by atoms with Crippen molar-refractivity contribution in [3.63, 3.8) is 0 Å². The van der Waals surface area contributed by atoms with Gasteiger partial charge in [0.25, 0.3) is 0 Å². The van der Waals surface area contributed by atoms with Crippen molar-refractivity contribution in [2.24, 2.45) is 5.92 Å². The highest BCUT2D eigenvalue weighted by Crippen LogP contribution is 2.19. The average molecular weight is 273 g/mol. The Kier molecular flexibility index (Phi) is 4.08. The summed E-state index contributed by atoms with van der Waals surface area (Å²) < 4.78 is 10.8. The summed E-state index contributed by atoms with van der Waals surface area (Å²) in [6.45, 7) is 3.57. The molecule has 1 aliphatic heterocycles. The second kappa shape index (κ2) is 6.15. The van der Waals surface area contributed by atoms with Crippen LogP contribution < -0.4 is 0 Å². The monoisotopic (exact) mass is 273 g/mol. The van der Waals surface area contributed by atoms with E-state index in [1.807, 2.05) is 18.2 Å². The summed E-state index contributed by atoms with van der Waals surface area (Å²) in [5.41, 5.74) is 1.82. The van der Waals surface area contributed by atoms with E-state index in [2.05, 4.69) is 22.1 Å². The van der Waals surface area contributed by atoms with Gasteiger partial charge in [-0.05, 0) is 31.5 Å². The van der Waals surface area contributed by atoms with Gasteiger partial charge in [-0.25, -0.2) is 0 Å². The summed E-state index contributed by atoms with van der Waals surface area (Å²) >= 11 is 0. The van der Waals surface area contributed by atoms with Crippen molar-refractivity contribution in [3.05, 3.63) is 36.4 Å². The summed E-state index contributed by atoms with van der Waals surface area (Å²) in [7, 11) is 2.10. The molecule has 0 saturated carbocycles. The Bertz CT molecular complexity index is 535. The molecule has 1 unspecified atom stereocenters. The zero-order valence-corrected chi connectivity index (χ0v) is 11.7. The van der Waals surface area contributed by atoms with Crippen LogP contribution in [0.1, 0.15) is 12.2 Å². The summed E-state index contributed by atoms with van der Waals surface area (Å²) in [4.78, 5) is 6.35. The van der Waals surface area contributed by atoms with Gasteiger partial charge in [0.1, 0.15) is 5.69 Å². The van der Waals surface area contributed by atoms with Gasteiger partial charge in [-0.15, -0.1) is 0 Å². The van der Waals surface area contributed by atoms with Gasteiger partial charge < -0.3 is 9.26 Å². The van der Waals surface area contributed by atoms with Crippen LogP contribution in [0.25, 0.3) is 11.3 Å². The molecule has 106 valence electrons. The van der Waals surface area contributed by atoms with E-state index in [9.17, 15) is 0 Å². The highest BCUT2D eigenvalue weighted by molar-refractivity contribution is 5.57. The maximum atomic E-state index is 5.40. The van der Waals surface area contributed by atoms with Crippen molar-refractivity contribution < 1.29 is 9.26 Å². The lowest BCUT2D eigenvalue weighted by Crippen LogP contribution is -2.25. The highest BCUT2D eigenvalue weighted by atomic mass is 16.5. The first kappa shape index (κ1) is 13.3. The van der Waals surface area contributed by atoms with Gasteiger partial charge in [-0.1, -0.05) is 5.16 Å². The first-order valence-electron chi connectivity index (χ1n) is 6.93. The number of aromatic nitrogens is 2. The maximum Gasteiger partial charge on any atom is 0.151 e. The Balaban J connectivity index is 1.59. The molecule has 0 radical (unpaired) electrons. The molecular weight excluding hydrogens is 254 g/mol. The molecule has 0 N–H and O–H groups in total. The Morgan fingerprint density at radius 1 is 1.45 bits per heavy atom. The van der Waals surface area contributed by atoms with E-state index in [1.165, 1.54) is 0 Å². The van der Waals surface area contributed by atoms with Crippen LogP contribution in [-0.2, 0) is 11.3 Å². The van der Waals surface area contributed by atoms with Crippen molar-refractivity contribution in [1.82, 2.24) is 15.0 Å². The number of pyridine rings is 1. The molecule has 1 fully saturated rings. The minimum atomic E-state index is 0.640. The molecule has 2 aromatic heterocycles. The van der Waals surface area contributed by atoms with Crippen LogP contribution in [0.5, 0.6) is 0 Å². The summed E-state index contributed by atoms with van der Waals surface area (Å²) in [5.74, 6) is 1.52. The Labute approximate surface area is 118 Å². The number of ether oxygens (including phenoxy) is 1. The zero-order valence-electron chi connectivity index (χ0n) is 11.7. The quantitative estimate of drug-likeness (QED) is 0.836. The van der Waals surface area contributed by atoms with E-state index in [0.29, 0.717) is 5.92 Å². The minimum absolute atomic E-state index is 0.640. The summed E-state index contributed by atoms with van der Waals surface area (Å²) in [6, 6.07) is 5.86. The molecule has 0 spiro atoms. The second-order valence-electron chi connectivity index (χ2n) is 5.35. The molecule has 0 aliphatic carbocycles. The van der Waals surface area contributed by atoms with Gasteiger partial charge in [0.05, 0.1) is 13.2 Å². The molecular formula is C15H19N3O2. The van der Waals surface area contributed by atoms with Crippen molar-refractivity contribution in [2.45, 2.75) is 13.0 Å². The molecule has 3 heterocycles. The fourth-order valence-corrected chi connectivity index (χ4v) is 2.54. The summed E-state index contributed by atoms with van der Waals surface area (Å²) in [6.07, 6.45) is 4.70. The smallest absolute Gasteiger partial charge is 0.151 e. The topological polar surface area (TPSA) is 51.4 Å². The van der Waals surface area contributed by atoms with Crippen LogP contribution in [-0.4, -0.2) is 41.8 Å². The molecule has 1 saturated heterocycles. The second-order valence-corrected chi connectivity index (χ2v) is 5.35. The van der Waals surface area contributed by atoms with Gasteiger partial charge in [-0.3, -0.25) is 9.88 Å². The molecule has 0 bridgehead atoms. The van der Waals surface area contributed by atoms with Gasteiger partial charge in [0, 0.05) is 37.2 Å². The number of hydrogen-bond donors (Lipinski definition) is 0. The number of nitrogens with zero attached hydrogens (tertiary/aromatic N) is 3. The first-order valence-corrected chi connectivity index (χ1v) is 6.93. The number of rotatable bonds is 5. The fourth-order valence-electron chi connectivity index (χ4n) is 2.54. The Morgan fingerprint density at radius 2 is 2.40 bits per heavy atom. The standard InChI is InChI=1S/C15H19N3O2/c1-18(9-12-4-6-19-11-12)10-14-7-15(17-20-14)13-3-2-5-16-8-13/h2-3,5,7-8,12H,4,6,9-11H2,1H3. The van der Waals surface area contributed by atoms with Crippen molar-refractivity contribution in [1.29, 1.82) is 0 Å². The number of hydrogen-bond acceptors (Lipinski definition) is 5. The highest BCUT2D eigenvalue weighted by Gasteiger charge is 2.18. The van der Waals surface area contributed by atoms with Crippen LogP contribution in [0.2, 0.25) is 0 Å². The van der Waals surface area contributed by atoms with E-state index >= 15 is 0 Å². The third kappa shape index (κ3) is 3.23. The molecule has 1 aliphatic rings. The third-order valence-corrected chi connectivity index (χ3v) is 3.54. The van der Waals surface area contributed by atoms with E-state index < -0.39 is 0 Å². The van der Waals surface area contributed by atoms with Crippen molar-refractivity contribution in [2.75, 3.05) is 26.8 Å². The van der Waals surface area contributed by atoms with Gasteiger partial charge in [0.2, 0.25) is 0 Å². The van der Waals surface area contributed by atoms with Crippen LogP contribution in [0, 0.1) is 5.92 Å². The van der Waals surface area contributed by atoms with E-state index in [4.69, 9.17) is 9.26 Å². The fraction of sp³-hybridized carbons (Fsp3) is 0.467. The first-order chi connectivity index (χ1) is 9.81. The lowest BCUT2D eigenvalue weighted by atomic mass is 10.1. The van der Waals surface area contributed by atoms with Crippen LogP contribution in [0.4, 0.5) is 0 Å². The van der Waals surface area contributed by atoms with Crippen molar-refractivity contribution in [3.8, 4) is 11.3 Å². The lowest BCUT2D eigenvalue weighted by Gasteiger charge is -2.18. The predicted octanol–water partition coefficient (Wildman–Crippen LogP) is 2.20. The van der Waals surface area contributed by atoms with Crippen LogP contribution in [0.3, 0.4) is 0 Å². The van der Waals surface area contributed by atoms with Gasteiger partial charge in [-0.2, -0.15) is 0 Å². The normalized spacial score (nSPS) is 18.8. The summed E-state index contributed by atoms with van der Waals surface area (Å²) in [5, 5.41) is 4.10. The largest absolute Gasteiger partial charge is 0.381 e. The van der Waals surface area contributed by atoms with Gasteiger partial charge >= 0.3 is 0 Å². The molecule has 3 rings (SSSR count). The molecule has 0 amide bonds. The predicted molar refractivity (Wildman–Crippen MR) is 75.0 cm³/mol. The van der Waals surface area contributed by atoms with Crippen LogP contribution in [0.15, 0.2) is 35.1 Å². The molecule has 20 heavy (non-hydrogen) atoms. The average Bonchev–Trinajstić information content (AvgIpc) is 3.11. The van der Waals surface area contributed by atoms with E-state index in [0.717, 1.165) is 49.7 Å². The van der Waals surface area contributed by atoms with Crippen molar-refractivity contribution >= 4 is 0 Å². The molecule has 5 heteroatoms. The molecule has 2 aromatic rings. The van der Waals surface area contributed by atoms with E-state index in [1.54, 1.807) is 12.4 Å². The SMILES string of the molecule is CN(Cc1cc(-c2cccnc2)no1)CC1CCOC1. The van der Waals surface area contributed by atoms with Gasteiger partial charge in [0.15, 0.2) is 5.76 Å². The third-order valence-electron chi connectivity index (χ3n) is 3.54. The maximum absolute atomic E-state index is 5.40. The van der Waals surface area contributed by atoms with E-state index in [-0.39, 0.29) is 0 Å². The Hall–Kier alpha value is -1.72. The molecule has 1 atom stereocenters.